The zero-order valence-corrected chi connectivity index (χ0v) is 14.2. The van der Waals surface area contributed by atoms with Gasteiger partial charge < -0.3 is 14.8 Å². The first kappa shape index (κ1) is 19.2. The number of carbonyl (C=O) groups is 1. The SMILES string of the molecule is COc1ccc(COC(=O)CCCNc2ccccc2[N+](=O)[O-])cc1F. The van der Waals surface area contributed by atoms with Gasteiger partial charge in [-0.15, -0.1) is 0 Å². The van der Waals surface area contributed by atoms with Crippen molar-refractivity contribution in [2.45, 2.75) is 19.4 Å². The lowest BCUT2D eigenvalue weighted by Gasteiger charge is -2.08. The first-order valence-corrected chi connectivity index (χ1v) is 7.96. The molecule has 0 radical (unpaired) electrons. The molecule has 0 amide bonds. The summed E-state index contributed by atoms with van der Waals surface area (Å²) >= 11 is 0. The van der Waals surface area contributed by atoms with E-state index >= 15 is 0 Å². The van der Waals surface area contributed by atoms with E-state index in [1.165, 1.54) is 25.3 Å². The van der Waals surface area contributed by atoms with Gasteiger partial charge in [0.05, 0.1) is 12.0 Å². The molecule has 8 heteroatoms. The Labute approximate surface area is 149 Å². The standard InChI is InChI=1S/C18H19FN2O5/c1-25-17-9-8-13(11-14(17)19)12-26-18(22)7-4-10-20-15-5-2-3-6-16(15)21(23)24/h2-3,5-6,8-9,11,20H,4,7,10,12H2,1H3. The highest BCUT2D eigenvalue weighted by atomic mass is 19.1. The molecule has 0 heterocycles. The number of halogens is 1. The average molecular weight is 362 g/mol. The number of nitrogens with zero attached hydrogens (tertiary/aromatic N) is 1. The number of rotatable bonds is 9. The fourth-order valence-electron chi connectivity index (χ4n) is 2.27. The highest BCUT2D eigenvalue weighted by Crippen LogP contribution is 2.23. The van der Waals surface area contributed by atoms with Crippen LogP contribution in [0.1, 0.15) is 18.4 Å². The topological polar surface area (TPSA) is 90.7 Å². The van der Waals surface area contributed by atoms with E-state index in [2.05, 4.69) is 5.32 Å². The van der Waals surface area contributed by atoms with Crippen molar-refractivity contribution in [3.63, 3.8) is 0 Å². The van der Waals surface area contributed by atoms with Crippen molar-refractivity contribution in [3.8, 4) is 5.75 Å². The van der Waals surface area contributed by atoms with Crippen LogP contribution >= 0.6 is 0 Å². The van der Waals surface area contributed by atoms with E-state index in [1.807, 2.05) is 0 Å². The molecule has 0 saturated heterocycles. The fourth-order valence-corrected chi connectivity index (χ4v) is 2.27. The smallest absolute Gasteiger partial charge is 0.306 e. The molecule has 0 aromatic heterocycles. The Kier molecular flexibility index (Phi) is 6.90. The molecule has 0 aliphatic rings. The van der Waals surface area contributed by atoms with Gasteiger partial charge in [-0.05, 0) is 30.2 Å². The van der Waals surface area contributed by atoms with Crippen LogP contribution in [0.4, 0.5) is 15.8 Å². The second-order valence-electron chi connectivity index (χ2n) is 5.43. The molecule has 2 aromatic carbocycles. The zero-order valence-electron chi connectivity index (χ0n) is 14.2. The van der Waals surface area contributed by atoms with Gasteiger partial charge in [0.15, 0.2) is 11.6 Å². The first-order chi connectivity index (χ1) is 12.5. The molecule has 0 aliphatic heterocycles. The van der Waals surface area contributed by atoms with Gasteiger partial charge in [0.25, 0.3) is 5.69 Å². The van der Waals surface area contributed by atoms with Crippen LogP contribution in [0.5, 0.6) is 5.75 Å². The third-order valence-corrected chi connectivity index (χ3v) is 3.59. The van der Waals surface area contributed by atoms with Gasteiger partial charge >= 0.3 is 5.97 Å². The number of benzene rings is 2. The van der Waals surface area contributed by atoms with E-state index < -0.39 is 16.7 Å². The van der Waals surface area contributed by atoms with Crippen molar-refractivity contribution in [2.24, 2.45) is 0 Å². The lowest BCUT2D eigenvalue weighted by atomic mass is 10.2. The maximum Gasteiger partial charge on any atom is 0.306 e. The van der Waals surface area contributed by atoms with E-state index in [1.54, 1.807) is 24.3 Å². The molecule has 0 aliphatic carbocycles. The van der Waals surface area contributed by atoms with Gasteiger partial charge in [-0.25, -0.2) is 4.39 Å². The van der Waals surface area contributed by atoms with E-state index in [4.69, 9.17) is 9.47 Å². The van der Waals surface area contributed by atoms with Crippen LogP contribution in [0.3, 0.4) is 0 Å². The Morgan fingerprint density at radius 3 is 2.73 bits per heavy atom. The van der Waals surface area contributed by atoms with Crippen molar-refractivity contribution in [1.29, 1.82) is 0 Å². The molecular weight excluding hydrogens is 343 g/mol. The van der Waals surface area contributed by atoms with Crippen molar-refractivity contribution < 1.29 is 23.6 Å². The van der Waals surface area contributed by atoms with E-state index in [0.717, 1.165) is 0 Å². The summed E-state index contributed by atoms with van der Waals surface area (Å²) in [4.78, 5) is 22.2. The zero-order chi connectivity index (χ0) is 18.9. The van der Waals surface area contributed by atoms with Crippen LogP contribution in [-0.2, 0) is 16.1 Å². The van der Waals surface area contributed by atoms with Crippen molar-refractivity contribution in [2.75, 3.05) is 19.0 Å². The lowest BCUT2D eigenvalue weighted by molar-refractivity contribution is -0.384. The van der Waals surface area contributed by atoms with Crippen molar-refractivity contribution in [1.82, 2.24) is 0 Å². The normalized spacial score (nSPS) is 10.2. The number of hydrogen-bond donors (Lipinski definition) is 1. The summed E-state index contributed by atoms with van der Waals surface area (Å²) < 4.78 is 23.5. The van der Waals surface area contributed by atoms with Gasteiger partial charge in [-0.1, -0.05) is 18.2 Å². The number of anilines is 1. The number of nitro groups is 1. The molecule has 0 saturated carbocycles. The van der Waals surface area contributed by atoms with E-state index in [9.17, 15) is 19.3 Å². The monoisotopic (exact) mass is 362 g/mol. The summed E-state index contributed by atoms with van der Waals surface area (Å²) in [6.07, 6.45) is 0.591. The minimum atomic E-state index is -0.519. The molecule has 1 N–H and O–H groups in total. The minimum Gasteiger partial charge on any atom is -0.494 e. The Hall–Kier alpha value is -3.16. The van der Waals surface area contributed by atoms with Gasteiger partial charge in [-0.2, -0.15) is 0 Å². The maximum absolute atomic E-state index is 13.6. The molecule has 7 nitrogen and oxygen atoms in total. The molecule has 138 valence electrons. The minimum absolute atomic E-state index is 0.0170. The van der Waals surface area contributed by atoms with Crippen LogP contribution in [0.25, 0.3) is 0 Å². The van der Waals surface area contributed by atoms with Crippen LogP contribution < -0.4 is 10.1 Å². The fraction of sp³-hybridized carbons (Fsp3) is 0.278. The van der Waals surface area contributed by atoms with Crippen LogP contribution in [-0.4, -0.2) is 24.5 Å². The van der Waals surface area contributed by atoms with Crippen LogP contribution in [0.15, 0.2) is 42.5 Å². The second-order valence-corrected chi connectivity index (χ2v) is 5.43. The Morgan fingerprint density at radius 1 is 1.27 bits per heavy atom. The molecule has 2 rings (SSSR count). The molecule has 0 atom stereocenters. The Bertz CT molecular complexity index is 782. The van der Waals surface area contributed by atoms with Crippen LogP contribution in [0.2, 0.25) is 0 Å². The van der Waals surface area contributed by atoms with Gasteiger partial charge in [0, 0.05) is 19.0 Å². The molecule has 26 heavy (non-hydrogen) atoms. The summed E-state index contributed by atoms with van der Waals surface area (Å²) in [5.74, 6) is -0.818. The number of carbonyl (C=O) groups excluding carboxylic acids is 1. The number of para-hydroxylation sites is 2. The van der Waals surface area contributed by atoms with Gasteiger partial charge in [0.1, 0.15) is 12.3 Å². The quantitative estimate of drug-likeness (QED) is 0.317. The van der Waals surface area contributed by atoms with Crippen molar-refractivity contribution >= 4 is 17.3 Å². The number of ether oxygens (including phenoxy) is 2. The summed E-state index contributed by atoms with van der Waals surface area (Å²) in [6.45, 7) is 0.356. The number of methoxy groups -OCH3 is 1. The number of nitro benzene ring substituents is 1. The number of nitrogens with one attached hydrogen (secondary N) is 1. The largest absolute Gasteiger partial charge is 0.494 e. The molecule has 2 aromatic rings. The van der Waals surface area contributed by atoms with Crippen molar-refractivity contribution in [3.05, 3.63) is 64.0 Å². The molecular formula is C18H19FN2O5. The summed E-state index contributed by atoms with van der Waals surface area (Å²) in [6, 6.07) is 10.6. The van der Waals surface area contributed by atoms with Crippen LogP contribution in [0, 0.1) is 15.9 Å². The number of esters is 1. The van der Waals surface area contributed by atoms with E-state index in [-0.39, 0.29) is 24.5 Å². The predicted octanol–water partition coefficient (Wildman–Crippen LogP) is 3.68. The molecule has 0 unspecified atom stereocenters. The molecule has 0 bridgehead atoms. The van der Waals surface area contributed by atoms with E-state index in [0.29, 0.717) is 24.2 Å². The predicted molar refractivity (Wildman–Crippen MR) is 93.6 cm³/mol. The molecule has 0 fully saturated rings. The first-order valence-electron chi connectivity index (χ1n) is 7.96. The molecule has 0 spiro atoms. The summed E-state index contributed by atoms with van der Waals surface area (Å²) in [7, 11) is 1.37. The highest BCUT2D eigenvalue weighted by Gasteiger charge is 2.12. The second kappa shape index (κ2) is 9.36. The van der Waals surface area contributed by atoms with Gasteiger partial charge in [0.2, 0.25) is 0 Å². The summed E-state index contributed by atoms with van der Waals surface area (Å²) in [5, 5.41) is 13.8. The lowest BCUT2D eigenvalue weighted by Crippen LogP contribution is -2.09. The maximum atomic E-state index is 13.6. The Balaban J connectivity index is 1.73. The average Bonchev–Trinajstić information content (AvgIpc) is 2.64. The third-order valence-electron chi connectivity index (χ3n) is 3.59. The van der Waals surface area contributed by atoms with Gasteiger partial charge in [-0.3, -0.25) is 14.9 Å². The third kappa shape index (κ3) is 5.44. The Morgan fingerprint density at radius 2 is 2.04 bits per heavy atom. The summed E-state index contributed by atoms with van der Waals surface area (Å²) in [5.41, 5.74) is 0.908. The number of hydrogen-bond acceptors (Lipinski definition) is 6. The highest BCUT2D eigenvalue weighted by molar-refractivity contribution is 5.69.